The third kappa shape index (κ3) is 3.07. The van der Waals surface area contributed by atoms with E-state index in [1.165, 1.54) is 0 Å². The Morgan fingerprint density at radius 3 is 2.52 bits per heavy atom. The van der Waals surface area contributed by atoms with Gasteiger partial charge in [0.25, 0.3) is 0 Å². The van der Waals surface area contributed by atoms with E-state index in [2.05, 4.69) is 0 Å². The van der Waals surface area contributed by atoms with Crippen molar-refractivity contribution in [1.29, 1.82) is 0 Å². The summed E-state index contributed by atoms with van der Waals surface area (Å²) in [6, 6.07) is 17.7. The van der Waals surface area contributed by atoms with Crippen LogP contribution in [0.15, 0.2) is 59.0 Å². The molecule has 108 valence electrons. The fourth-order valence-corrected chi connectivity index (χ4v) is 2.20. The topological polar surface area (TPSA) is 57.6 Å². The van der Waals surface area contributed by atoms with E-state index < -0.39 is 0 Å². The van der Waals surface area contributed by atoms with E-state index in [4.69, 9.17) is 19.6 Å². The summed E-state index contributed by atoms with van der Waals surface area (Å²) in [6.07, 6.45) is 0. The molecule has 0 spiro atoms. The summed E-state index contributed by atoms with van der Waals surface area (Å²) < 4.78 is 16.9. The highest BCUT2D eigenvalue weighted by Gasteiger charge is 2.13. The molecule has 0 atom stereocenters. The third-order valence-corrected chi connectivity index (χ3v) is 3.20. The summed E-state index contributed by atoms with van der Waals surface area (Å²) in [7, 11) is 0. The zero-order chi connectivity index (χ0) is 14.5. The molecule has 0 aliphatic heterocycles. The van der Waals surface area contributed by atoms with Gasteiger partial charge in [0.15, 0.2) is 18.3 Å². The van der Waals surface area contributed by atoms with E-state index >= 15 is 0 Å². The summed E-state index contributed by atoms with van der Waals surface area (Å²) in [4.78, 5) is 0. The summed E-state index contributed by atoms with van der Waals surface area (Å²) >= 11 is 0. The molecule has 2 aromatic carbocycles. The van der Waals surface area contributed by atoms with Crippen LogP contribution >= 0.6 is 0 Å². The van der Waals surface area contributed by atoms with Gasteiger partial charge in [0.2, 0.25) is 0 Å². The molecule has 0 unspecified atom stereocenters. The van der Waals surface area contributed by atoms with Crippen molar-refractivity contribution in [2.75, 3.05) is 6.79 Å². The zero-order valence-corrected chi connectivity index (χ0v) is 11.6. The van der Waals surface area contributed by atoms with E-state index in [0.717, 1.165) is 16.5 Å². The lowest BCUT2D eigenvalue weighted by molar-refractivity contribution is 0.00477. The normalized spacial score (nSPS) is 10.9. The maximum Gasteiger partial charge on any atom is 0.189 e. The number of fused-ring (bicyclic) bond motifs is 1. The number of nitrogens with two attached hydrogens (primary N) is 1. The number of rotatable bonds is 6. The van der Waals surface area contributed by atoms with Crippen LogP contribution in [-0.2, 0) is 17.9 Å². The molecule has 1 heterocycles. The van der Waals surface area contributed by atoms with E-state index in [0.29, 0.717) is 24.7 Å². The lowest BCUT2D eigenvalue weighted by Gasteiger charge is -2.07. The second-order valence-corrected chi connectivity index (χ2v) is 4.65. The molecule has 2 N–H and O–H groups in total. The summed E-state index contributed by atoms with van der Waals surface area (Å²) in [5, 5.41) is 0.918. The van der Waals surface area contributed by atoms with Gasteiger partial charge in [0.1, 0.15) is 5.58 Å². The van der Waals surface area contributed by atoms with Crippen LogP contribution in [0, 0.1) is 0 Å². The molecule has 0 aliphatic rings. The standard InChI is InChI=1S/C17H17NO3/c18-10-16-17(14-8-4-5-9-15(14)21-16)20-12-19-11-13-6-2-1-3-7-13/h1-9H,10-12,18H2. The molecule has 0 bridgehead atoms. The lowest BCUT2D eigenvalue weighted by atomic mass is 10.2. The highest BCUT2D eigenvalue weighted by atomic mass is 16.7. The van der Waals surface area contributed by atoms with Gasteiger partial charge in [0.05, 0.1) is 18.5 Å². The molecular formula is C17H17NO3. The minimum atomic E-state index is 0.158. The molecule has 4 nitrogen and oxygen atoms in total. The van der Waals surface area contributed by atoms with Crippen molar-refractivity contribution < 1.29 is 13.9 Å². The van der Waals surface area contributed by atoms with Crippen molar-refractivity contribution >= 4 is 11.0 Å². The molecule has 0 aliphatic carbocycles. The largest absolute Gasteiger partial charge is 0.463 e. The van der Waals surface area contributed by atoms with Crippen LogP contribution in [0.25, 0.3) is 11.0 Å². The quantitative estimate of drug-likeness (QED) is 0.556. The fourth-order valence-electron chi connectivity index (χ4n) is 2.20. The number of benzene rings is 2. The Labute approximate surface area is 123 Å². The number of ether oxygens (including phenoxy) is 2. The molecule has 3 rings (SSSR count). The van der Waals surface area contributed by atoms with Crippen molar-refractivity contribution in [3.8, 4) is 5.75 Å². The molecule has 0 saturated carbocycles. The first kappa shape index (κ1) is 13.7. The molecule has 0 fully saturated rings. The summed E-state index contributed by atoms with van der Waals surface area (Å²) in [6.45, 7) is 0.961. The average Bonchev–Trinajstić information content (AvgIpc) is 2.90. The summed E-state index contributed by atoms with van der Waals surface area (Å²) in [5.41, 5.74) is 7.58. The summed E-state index contributed by atoms with van der Waals surface area (Å²) in [5.74, 6) is 1.31. The molecule has 3 aromatic rings. The van der Waals surface area contributed by atoms with Crippen molar-refractivity contribution in [1.82, 2.24) is 0 Å². The van der Waals surface area contributed by atoms with Gasteiger partial charge >= 0.3 is 0 Å². The zero-order valence-electron chi connectivity index (χ0n) is 11.6. The van der Waals surface area contributed by atoms with Crippen LogP contribution in [0.3, 0.4) is 0 Å². The molecule has 0 amide bonds. The average molecular weight is 283 g/mol. The minimum Gasteiger partial charge on any atom is -0.463 e. The number of hydrogen-bond donors (Lipinski definition) is 1. The first-order valence-electron chi connectivity index (χ1n) is 6.83. The highest BCUT2D eigenvalue weighted by molar-refractivity contribution is 5.85. The predicted molar refractivity (Wildman–Crippen MR) is 80.8 cm³/mol. The van der Waals surface area contributed by atoms with Gasteiger partial charge < -0.3 is 19.6 Å². The van der Waals surface area contributed by atoms with Gasteiger partial charge in [-0.15, -0.1) is 0 Å². The minimum absolute atomic E-state index is 0.158. The smallest absolute Gasteiger partial charge is 0.189 e. The SMILES string of the molecule is NCc1oc2ccccc2c1OCOCc1ccccc1. The van der Waals surface area contributed by atoms with E-state index in [9.17, 15) is 0 Å². The Bertz CT molecular complexity index is 706. The van der Waals surface area contributed by atoms with E-state index in [-0.39, 0.29) is 6.79 Å². The van der Waals surface area contributed by atoms with Crippen molar-refractivity contribution in [3.63, 3.8) is 0 Å². The van der Waals surface area contributed by atoms with E-state index in [1.54, 1.807) is 0 Å². The molecule has 1 aromatic heterocycles. The maximum absolute atomic E-state index is 5.71. The first-order chi connectivity index (χ1) is 10.4. The monoisotopic (exact) mass is 283 g/mol. The van der Waals surface area contributed by atoms with Crippen molar-refractivity contribution in [3.05, 3.63) is 65.9 Å². The van der Waals surface area contributed by atoms with Crippen LogP contribution in [0.5, 0.6) is 5.75 Å². The van der Waals surface area contributed by atoms with Crippen LogP contribution in [0.1, 0.15) is 11.3 Å². The van der Waals surface area contributed by atoms with Gasteiger partial charge in [-0.25, -0.2) is 0 Å². The predicted octanol–water partition coefficient (Wildman–Crippen LogP) is 3.44. The molecule has 0 saturated heterocycles. The van der Waals surface area contributed by atoms with E-state index in [1.807, 2.05) is 54.6 Å². The van der Waals surface area contributed by atoms with Crippen LogP contribution in [0.2, 0.25) is 0 Å². The van der Waals surface area contributed by atoms with Gasteiger partial charge in [0, 0.05) is 0 Å². The number of para-hydroxylation sites is 1. The van der Waals surface area contributed by atoms with Crippen LogP contribution < -0.4 is 10.5 Å². The lowest BCUT2D eigenvalue weighted by Crippen LogP contribution is -2.05. The van der Waals surface area contributed by atoms with Crippen LogP contribution in [0.4, 0.5) is 0 Å². The molecule has 21 heavy (non-hydrogen) atoms. The molecule has 0 radical (unpaired) electrons. The van der Waals surface area contributed by atoms with Gasteiger partial charge in [-0.3, -0.25) is 0 Å². The van der Waals surface area contributed by atoms with Crippen molar-refractivity contribution in [2.45, 2.75) is 13.2 Å². The maximum atomic E-state index is 5.71. The Morgan fingerprint density at radius 1 is 0.952 bits per heavy atom. The second-order valence-electron chi connectivity index (χ2n) is 4.65. The van der Waals surface area contributed by atoms with Crippen LogP contribution in [-0.4, -0.2) is 6.79 Å². The molecule has 4 heteroatoms. The Kier molecular flexibility index (Phi) is 4.19. The Morgan fingerprint density at radius 2 is 1.71 bits per heavy atom. The van der Waals surface area contributed by atoms with Gasteiger partial charge in [-0.1, -0.05) is 42.5 Å². The Balaban J connectivity index is 1.65. The second kappa shape index (κ2) is 6.43. The highest BCUT2D eigenvalue weighted by Crippen LogP contribution is 2.32. The van der Waals surface area contributed by atoms with Gasteiger partial charge in [-0.2, -0.15) is 0 Å². The number of furan rings is 1. The molecular weight excluding hydrogens is 266 g/mol. The Hall–Kier alpha value is -2.30. The number of hydrogen-bond acceptors (Lipinski definition) is 4. The fraction of sp³-hybridized carbons (Fsp3) is 0.176. The van der Waals surface area contributed by atoms with Gasteiger partial charge in [-0.05, 0) is 17.7 Å². The third-order valence-electron chi connectivity index (χ3n) is 3.20. The first-order valence-corrected chi connectivity index (χ1v) is 6.83. The van der Waals surface area contributed by atoms with Crippen molar-refractivity contribution in [2.24, 2.45) is 5.73 Å².